The molecule has 2 amide bonds. The Labute approximate surface area is 155 Å². The van der Waals surface area contributed by atoms with E-state index in [-0.39, 0.29) is 23.9 Å². The van der Waals surface area contributed by atoms with Crippen molar-refractivity contribution in [3.05, 3.63) is 35.4 Å². The van der Waals surface area contributed by atoms with Crippen LogP contribution in [0, 0.1) is 12.3 Å². The predicted octanol–water partition coefficient (Wildman–Crippen LogP) is 1.74. The van der Waals surface area contributed by atoms with Gasteiger partial charge in [0.1, 0.15) is 0 Å². The summed E-state index contributed by atoms with van der Waals surface area (Å²) in [6.45, 7) is 3.80. The summed E-state index contributed by atoms with van der Waals surface area (Å²) in [5, 5.41) is 3.13. The fourth-order valence-corrected chi connectivity index (χ4v) is 4.10. The van der Waals surface area contributed by atoms with E-state index < -0.39 is 0 Å². The highest BCUT2D eigenvalue weighted by molar-refractivity contribution is 5.78. The molecule has 5 heteroatoms. The lowest BCUT2D eigenvalue weighted by atomic mass is 10.0. The van der Waals surface area contributed by atoms with E-state index in [1.807, 2.05) is 11.0 Å². The number of nitrogens with one attached hydrogen (secondary N) is 1. The number of aryl methyl sites for hydroxylation is 1. The van der Waals surface area contributed by atoms with Gasteiger partial charge >= 0.3 is 0 Å². The van der Waals surface area contributed by atoms with Gasteiger partial charge in [-0.25, -0.2) is 0 Å². The first-order valence-electron chi connectivity index (χ1n) is 9.38. The molecule has 1 saturated heterocycles. The number of amides is 2. The minimum Gasteiger partial charge on any atom is -0.352 e. The Bertz CT molecular complexity index is 701. The number of likely N-dealkylation sites (tertiary alicyclic amines) is 1. The Morgan fingerprint density at radius 3 is 2.69 bits per heavy atom. The third kappa shape index (κ3) is 4.25. The van der Waals surface area contributed by atoms with E-state index in [4.69, 9.17) is 6.42 Å². The maximum absolute atomic E-state index is 12.6. The molecule has 0 bridgehead atoms. The normalized spacial score (nSPS) is 19.9. The molecule has 0 spiro atoms. The second kappa shape index (κ2) is 8.37. The largest absolute Gasteiger partial charge is 0.352 e. The van der Waals surface area contributed by atoms with Crippen molar-refractivity contribution < 1.29 is 9.59 Å². The second-order valence-corrected chi connectivity index (χ2v) is 7.21. The molecule has 0 radical (unpaired) electrons. The SMILES string of the molecule is C#CCN(CC(=O)NC1CCN(C(C)=O)CC1)C1CCc2ccccc21. The topological polar surface area (TPSA) is 52.7 Å². The Hall–Kier alpha value is -2.32. The van der Waals surface area contributed by atoms with Crippen LogP contribution < -0.4 is 5.32 Å². The van der Waals surface area contributed by atoms with E-state index in [0.717, 1.165) is 25.7 Å². The van der Waals surface area contributed by atoms with E-state index in [0.29, 0.717) is 26.2 Å². The van der Waals surface area contributed by atoms with Gasteiger partial charge in [-0.3, -0.25) is 14.5 Å². The van der Waals surface area contributed by atoms with Crippen LogP contribution in [0.2, 0.25) is 0 Å². The molecule has 1 atom stereocenters. The summed E-state index contributed by atoms with van der Waals surface area (Å²) in [7, 11) is 0. The van der Waals surface area contributed by atoms with E-state index in [2.05, 4.69) is 34.3 Å². The van der Waals surface area contributed by atoms with Crippen molar-refractivity contribution in [1.29, 1.82) is 0 Å². The molecule has 1 aromatic carbocycles. The molecule has 1 heterocycles. The highest BCUT2D eigenvalue weighted by Gasteiger charge is 2.29. The fourth-order valence-electron chi connectivity index (χ4n) is 4.10. The smallest absolute Gasteiger partial charge is 0.234 e. The van der Waals surface area contributed by atoms with Gasteiger partial charge in [0, 0.05) is 32.1 Å². The number of terminal acetylenes is 1. The number of nitrogens with zero attached hydrogens (tertiary/aromatic N) is 2. The van der Waals surface area contributed by atoms with Gasteiger partial charge in [0.05, 0.1) is 13.1 Å². The third-order valence-corrected chi connectivity index (χ3v) is 5.49. The minimum atomic E-state index is 0.0194. The Balaban J connectivity index is 1.56. The standard InChI is InChI=1S/C21H27N3O2/c1-3-12-24(20-9-8-17-6-4-5-7-19(17)20)15-21(26)22-18-10-13-23(14-11-18)16(2)25/h1,4-7,18,20H,8-15H2,2H3,(H,22,26). The van der Waals surface area contributed by atoms with Gasteiger partial charge in [0.15, 0.2) is 0 Å². The molecule has 1 aliphatic heterocycles. The lowest BCUT2D eigenvalue weighted by Crippen LogP contribution is -2.48. The quantitative estimate of drug-likeness (QED) is 0.821. The van der Waals surface area contributed by atoms with Gasteiger partial charge in [-0.1, -0.05) is 30.2 Å². The van der Waals surface area contributed by atoms with Crippen molar-refractivity contribution in [3.63, 3.8) is 0 Å². The molecule has 2 aliphatic rings. The molecule has 1 aliphatic carbocycles. The van der Waals surface area contributed by atoms with Gasteiger partial charge in [0.25, 0.3) is 0 Å². The van der Waals surface area contributed by atoms with Crippen molar-refractivity contribution in [2.75, 3.05) is 26.2 Å². The maximum atomic E-state index is 12.6. The van der Waals surface area contributed by atoms with Crippen LogP contribution in [0.15, 0.2) is 24.3 Å². The van der Waals surface area contributed by atoms with Crippen LogP contribution in [0.3, 0.4) is 0 Å². The lowest BCUT2D eigenvalue weighted by molar-refractivity contribution is -0.130. The summed E-state index contributed by atoms with van der Waals surface area (Å²) in [5.74, 6) is 2.83. The van der Waals surface area contributed by atoms with E-state index in [1.54, 1.807) is 6.92 Å². The summed E-state index contributed by atoms with van der Waals surface area (Å²) in [5.41, 5.74) is 2.65. The second-order valence-electron chi connectivity index (χ2n) is 7.21. The first kappa shape index (κ1) is 18.5. The molecular weight excluding hydrogens is 326 g/mol. The van der Waals surface area contributed by atoms with Crippen LogP contribution in [0.25, 0.3) is 0 Å². The molecule has 138 valence electrons. The third-order valence-electron chi connectivity index (χ3n) is 5.49. The summed E-state index contributed by atoms with van der Waals surface area (Å²) in [6.07, 6.45) is 9.22. The molecule has 1 unspecified atom stereocenters. The van der Waals surface area contributed by atoms with Crippen molar-refractivity contribution in [1.82, 2.24) is 15.1 Å². The number of rotatable bonds is 5. The average Bonchev–Trinajstić information content (AvgIpc) is 3.06. The zero-order valence-corrected chi connectivity index (χ0v) is 15.4. The summed E-state index contributed by atoms with van der Waals surface area (Å²) < 4.78 is 0. The number of carbonyl (C=O) groups is 2. The summed E-state index contributed by atoms with van der Waals surface area (Å²) >= 11 is 0. The fraction of sp³-hybridized carbons (Fsp3) is 0.524. The first-order valence-corrected chi connectivity index (χ1v) is 9.38. The zero-order chi connectivity index (χ0) is 18.5. The highest BCUT2D eigenvalue weighted by atomic mass is 16.2. The molecule has 1 fully saturated rings. The van der Waals surface area contributed by atoms with Gasteiger partial charge in [-0.2, -0.15) is 0 Å². The van der Waals surface area contributed by atoms with E-state index >= 15 is 0 Å². The molecular formula is C21H27N3O2. The molecule has 5 nitrogen and oxygen atoms in total. The van der Waals surface area contributed by atoms with Crippen molar-refractivity contribution in [2.24, 2.45) is 0 Å². The van der Waals surface area contributed by atoms with Crippen molar-refractivity contribution >= 4 is 11.8 Å². The van der Waals surface area contributed by atoms with Gasteiger partial charge in [-0.15, -0.1) is 6.42 Å². The Kier molecular flexibility index (Phi) is 5.95. The zero-order valence-electron chi connectivity index (χ0n) is 15.4. The van der Waals surface area contributed by atoms with Crippen molar-refractivity contribution in [2.45, 2.75) is 44.7 Å². The number of piperidine rings is 1. The molecule has 0 saturated carbocycles. The molecule has 26 heavy (non-hydrogen) atoms. The Morgan fingerprint density at radius 1 is 1.27 bits per heavy atom. The van der Waals surface area contributed by atoms with Crippen molar-refractivity contribution in [3.8, 4) is 12.3 Å². The predicted molar refractivity (Wildman–Crippen MR) is 101 cm³/mol. The molecule has 3 rings (SSSR count). The molecule has 0 aromatic heterocycles. The van der Waals surface area contributed by atoms with Crippen LogP contribution in [0.1, 0.15) is 43.4 Å². The van der Waals surface area contributed by atoms with Crippen LogP contribution in [0.5, 0.6) is 0 Å². The maximum Gasteiger partial charge on any atom is 0.234 e. The number of carbonyl (C=O) groups excluding carboxylic acids is 2. The van der Waals surface area contributed by atoms with E-state index in [1.165, 1.54) is 11.1 Å². The number of hydrogen-bond acceptors (Lipinski definition) is 3. The van der Waals surface area contributed by atoms with Crippen LogP contribution in [-0.4, -0.2) is 53.8 Å². The number of hydrogen-bond donors (Lipinski definition) is 1. The minimum absolute atomic E-state index is 0.0194. The highest BCUT2D eigenvalue weighted by Crippen LogP contribution is 2.35. The number of benzene rings is 1. The van der Waals surface area contributed by atoms with Crippen LogP contribution in [0.4, 0.5) is 0 Å². The van der Waals surface area contributed by atoms with Gasteiger partial charge in [0.2, 0.25) is 11.8 Å². The first-order chi connectivity index (χ1) is 12.6. The van der Waals surface area contributed by atoms with Gasteiger partial charge in [-0.05, 0) is 36.8 Å². The van der Waals surface area contributed by atoms with Gasteiger partial charge < -0.3 is 10.2 Å². The monoisotopic (exact) mass is 353 g/mol. The molecule has 1 aromatic rings. The average molecular weight is 353 g/mol. The van der Waals surface area contributed by atoms with Crippen LogP contribution in [-0.2, 0) is 16.0 Å². The molecule has 1 N–H and O–H groups in total. The van der Waals surface area contributed by atoms with E-state index in [9.17, 15) is 9.59 Å². The summed E-state index contributed by atoms with van der Waals surface area (Å²) in [4.78, 5) is 27.9. The Morgan fingerprint density at radius 2 is 2.00 bits per heavy atom. The van der Waals surface area contributed by atoms with Crippen LogP contribution >= 0.6 is 0 Å². The number of fused-ring (bicyclic) bond motifs is 1. The summed E-state index contributed by atoms with van der Waals surface area (Å²) in [6, 6.07) is 8.77. The lowest BCUT2D eigenvalue weighted by Gasteiger charge is -2.33.